The molecule has 1 N–H and O–H groups in total. The predicted octanol–water partition coefficient (Wildman–Crippen LogP) is 4.83. The Kier molecular flexibility index (Phi) is 5.69. The molecule has 2 unspecified atom stereocenters. The summed E-state index contributed by atoms with van der Waals surface area (Å²) in [6, 6.07) is 20.0. The van der Waals surface area contributed by atoms with Gasteiger partial charge in [-0.1, -0.05) is 54.6 Å². The maximum Gasteiger partial charge on any atom is 0.410 e. The van der Waals surface area contributed by atoms with Crippen LogP contribution in [0.15, 0.2) is 66.7 Å². The molecule has 0 saturated carbocycles. The number of nitrogens with zero attached hydrogens (tertiary/aromatic N) is 1. The van der Waals surface area contributed by atoms with E-state index in [1.165, 1.54) is 24.3 Å². The van der Waals surface area contributed by atoms with Crippen LogP contribution in [0.5, 0.6) is 5.75 Å². The number of aliphatic hydroxyl groups is 1. The number of hydrogen-bond donors (Lipinski definition) is 1. The minimum atomic E-state index is -1.48. The number of methoxy groups -OCH3 is 1. The summed E-state index contributed by atoms with van der Waals surface area (Å²) in [6.07, 6.45) is -0.173. The third-order valence-corrected chi connectivity index (χ3v) is 7.76. The molecule has 2 heterocycles. The van der Waals surface area contributed by atoms with E-state index in [0.29, 0.717) is 5.75 Å². The van der Waals surface area contributed by atoms with Gasteiger partial charge < -0.3 is 19.3 Å². The van der Waals surface area contributed by atoms with Gasteiger partial charge in [0.05, 0.1) is 38.0 Å². The maximum absolute atomic E-state index is 14.9. The van der Waals surface area contributed by atoms with Gasteiger partial charge in [-0.05, 0) is 34.4 Å². The third kappa shape index (κ3) is 3.65. The Hall–Kier alpha value is -3.42. The molecule has 0 spiro atoms. The van der Waals surface area contributed by atoms with Crippen LogP contribution in [0, 0.1) is 5.82 Å². The fourth-order valence-electron chi connectivity index (χ4n) is 6.27. The Bertz CT molecular complexity index is 1250. The molecule has 3 aliphatic rings. The lowest BCUT2D eigenvalue weighted by Gasteiger charge is -2.51. The van der Waals surface area contributed by atoms with Crippen LogP contribution in [0.25, 0.3) is 11.1 Å². The molecular formula is C29H28FNO5. The van der Waals surface area contributed by atoms with Crippen LogP contribution in [0.4, 0.5) is 9.18 Å². The van der Waals surface area contributed by atoms with Gasteiger partial charge in [0, 0.05) is 18.8 Å². The van der Waals surface area contributed by atoms with Gasteiger partial charge in [0.1, 0.15) is 23.8 Å². The summed E-state index contributed by atoms with van der Waals surface area (Å²) in [4.78, 5) is 15.1. The van der Waals surface area contributed by atoms with E-state index in [-0.39, 0.29) is 44.1 Å². The van der Waals surface area contributed by atoms with E-state index in [1.54, 1.807) is 17.0 Å². The molecule has 1 amide bonds. The third-order valence-electron chi connectivity index (χ3n) is 7.76. The van der Waals surface area contributed by atoms with Crippen LogP contribution in [-0.2, 0) is 15.1 Å². The highest BCUT2D eigenvalue weighted by Crippen LogP contribution is 2.47. The summed E-state index contributed by atoms with van der Waals surface area (Å²) in [5, 5.41) is 11.6. The summed E-state index contributed by atoms with van der Waals surface area (Å²) in [5.74, 6) is -0.265. The predicted molar refractivity (Wildman–Crippen MR) is 131 cm³/mol. The molecule has 2 atom stereocenters. The minimum Gasteiger partial charge on any atom is -0.496 e. The van der Waals surface area contributed by atoms with Crippen molar-refractivity contribution in [3.63, 3.8) is 0 Å². The second-order valence-electron chi connectivity index (χ2n) is 9.81. The number of amides is 1. The monoisotopic (exact) mass is 489 g/mol. The van der Waals surface area contributed by atoms with Crippen LogP contribution >= 0.6 is 0 Å². The van der Waals surface area contributed by atoms with Crippen molar-refractivity contribution in [3.8, 4) is 16.9 Å². The largest absolute Gasteiger partial charge is 0.496 e. The SMILES string of the molecule is COc1cccc(F)c1C1(O)CC2COCC(C1)N2C(=O)OCC1c2ccccc2-c2ccccc21. The average molecular weight is 490 g/mol. The Morgan fingerprint density at radius 3 is 2.22 bits per heavy atom. The van der Waals surface area contributed by atoms with E-state index >= 15 is 0 Å². The quantitative estimate of drug-likeness (QED) is 0.568. The molecule has 3 aromatic rings. The first-order valence-electron chi connectivity index (χ1n) is 12.3. The standard InChI is InChI=1S/C29H28FNO5/c1-34-26-12-6-11-25(30)27(26)29(33)13-18-15-35-16-19(14-29)31(18)28(32)36-17-24-22-9-4-2-7-20(22)21-8-3-5-10-23(21)24/h2-12,18-19,24,33H,13-17H2,1H3. The fourth-order valence-corrected chi connectivity index (χ4v) is 6.27. The van der Waals surface area contributed by atoms with Crippen LogP contribution in [0.3, 0.4) is 0 Å². The summed E-state index contributed by atoms with van der Waals surface area (Å²) in [5.41, 5.74) is 3.29. The second-order valence-corrected chi connectivity index (χ2v) is 9.81. The smallest absolute Gasteiger partial charge is 0.410 e. The molecule has 2 saturated heterocycles. The zero-order valence-electron chi connectivity index (χ0n) is 20.0. The van der Waals surface area contributed by atoms with Crippen molar-refractivity contribution < 1.29 is 28.5 Å². The summed E-state index contributed by atoms with van der Waals surface area (Å²) in [7, 11) is 1.46. The van der Waals surface area contributed by atoms with Gasteiger partial charge in [-0.15, -0.1) is 0 Å². The van der Waals surface area contributed by atoms with E-state index in [1.807, 2.05) is 24.3 Å². The number of carbonyl (C=O) groups excluding carboxylic acids is 1. The summed E-state index contributed by atoms with van der Waals surface area (Å²) >= 11 is 0. The van der Waals surface area contributed by atoms with Crippen LogP contribution in [-0.4, -0.2) is 55.1 Å². The highest BCUT2D eigenvalue weighted by atomic mass is 19.1. The fraction of sp³-hybridized carbons (Fsp3) is 0.345. The van der Waals surface area contributed by atoms with Crippen LogP contribution in [0.2, 0.25) is 0 Å². The Morgan fingerprint density at radius 1 is 1.00 bits per heavy atom. The van der Waals surface area contributed by atoms with Crippen LogP contribution < -0.4 is 4.74 Å². The van der Waals surface area contributed by atoms with Gasteiger partial charge in [-0.3, -0.25) is 4.90 Å². The highest BCUT2D eigenvalue weighted by molar-refractivity contribution is 5.79. The lowest BCUT2D eigenvalue weighted by Crippen LogP contribution is -2.62. The lowest BCUT2D eigenvalue weighted by molar-refractivity contribution is -0.137. The Balaban J connectivity index is 1.22. The maximum atomic E-state index is 14.9. The number of rotatable bonds is 4. The first kappa shape index (κ1) is 23.0. The first-order chi connectivity index (χ1) is 17.5. The minimum absolute atomic E-state index is 0.0400. The van der Waals surface area contributed by atoms with Gasteiger partial charge in [-0.2, -0.15) is 0 Å². The van der Waals surface area contributed by atoms with E-state index in [0.717, 1.165) is 11.1 Å². The molecule has 0 radical (unpaired) electrons. The zero-order chi connectivity index (χ0) is 24.9. The molecule has 36 heavy (non-hydrogen) atoms. The van der Waals surface area contributed by atoms with E-state index in [9.17, 15) is 14.3 Å². The zero-order valence-corrected chi connectivity index (χ0v) is 20.0. The van der Waals surface area contributed by atoms with Crippen molar-refractivity contribution in [2.75, 3.05) is 26.9 Å². The topological polar surface area (TPSA) is 68.2 Å². The molecule has 186 valence electrons. The van der Waals surface area contributed by atoms with E-state index in [4.69, 9.17) is 14.2 Å². The number of halogens is 1. The number of morpholine rings is 1. The highest BCUT2D eigenvalue weighted by Gasteiger charge is 2.51. The van der Waals surface area contributed by atoms with Gasteiger partial charge in [-0.25, -0.2) is 9.18 Å². The second kappa shape index (κ2) is 8.91. The van der Waals surface area contributed by atoms with Crippen molar-refractivity contribution in [2.45, 2.75) is 36.4 Å². The number of benzene rings is 3. The van der Waals surface area contributed by atoms with E-state index in [2.05, 4.69) is 24.3 Å². The number of hydrogen-bond acceptors (Lipinski definition) is 5. The van der Waals surface area contributed by atoms with E-state index < -0.39 is 29.6 Å². The average Bonchev–Trinajstić information content (AvgIpc) is 3.20. The van der Waals surface area contributed by atoms with Gasteiger partial charge in [0.2, 0.25) is 0 Å². The Morgan fingerprint density at radius 2 is 1.61 bits per heavy atom. The number of fused-ring (bicyclic) bond motifs is 5. The van der Waals surface area contributed by atoms with Crippen molar-refractivity contribution in [3.05, 3.63) is 89.2 Å². The summed E-state index contributed by atoms with van der Waals surface area (Å²) in [6.45, 7) is 0.717. The number of ether oxygens (including phenoxy) is 3. The molecule has 6 nitrogen and oxygen atoms in total. The normalized spacial score (nSPS) is 24.7. The molecule has 7 heteroatoms. The molecule has 1 aliphatic carbocycles. The molecule has 2 fully saturated rings. The number of piperidine rings is 1. The molecule has 2 bridgehead atoms. The molecule has 3 aromatic carbocycles. The molecule has 0 aromatic heterocycles. The molecule has 6 rings (SSSR count). The molecular weight excluding hydrogens is 461 g/mol. The van der Waals surface area contributed by atoms with Crippen molar-refractivity contribution in [1.82, 2.24) is 4.90 Å². The van der Waals surface area contributed by atoms with Crippen LogP contribution in [0.1, 0.15) is 35.4 Å². The van der Waals surface area contributed by atoms with Gasteiger partial charge >= 0.3 is 6.09 Å². The van der Waals surface area contributed by atoms with Crippen molar-refractivity contribution >= 4 is 6.09 Å². The summed E-state index contributed by atoms with van der Waals surface area (Å²) < 4.78 is 31.8. The first-order valence-corrected chi connectivity index (χ1v) is 12.3. The Labute approximate surface area is 209 Å². The number of carbonyl (C=O) groups is 1. The molecule has 2 aliphatic heterocycles. The van der Waals surface area contributed by atoms with Crippen molar-refractivity contribution in [1.29, 1.82) is 0 Å². The van der Waals surface area contributed by atoms with Crippen molar-refractivity contribution in [2.24, 2.45) is 0 Å². The van der Waals surface area contributed by atoms with Gasteiger partial charge in [0.15, 0.2) is 0 Å². The van der Waals surface area contributed by atoms with Gasteiger partial charge in [0.25, 0.3) is 0 Å². The lowest BCUT2D eigenvalue weighted by atomic mass is 9.76.